The van der Waals surface area contributed by atoms with Crippen molar-refractivity contribution < 1.29 is 0 Å². The first-order valence-electron chi connectivity index (χ1n) is 22.5. The van der Waals surface area contributed by atoms with E-state index in [4.69, 9.17) is 29.9 Å². The molecule has 0 saturated heterocycles. The molecule has 0 saturated carbocycles. The molecule has 8 nitrogen and oxygen atoms in total. The highest BCUT2D eigenvalue weighted by atomic mass is 15.0. The molecule has 0 N–H and O–H groups in total. The van der Waals surface area contributed by atoms with Gasteiger partial charge in [-0.3, -0.25) is 4.98 Å². The van der Waals surface area contributed by atoms with Crippen LogP contribution in [-0.4, -0.2) is 39.9 Å². The van der Waals surface area contributed by atoms with Crippen LogP contribution in [0.4, 0.5) is 0 Å². The van der Waals surface area contributed by atoms with Crippen molar-refractivity contribution in [3.8, 4) is 113 Å². The third-order valence-electron chi connectivity index (χ3n) is 11.9. The van der Waals surface area contributed by atoms with E-state index in [-0.39, 0.29) is 0 Å². The van der Waals surface area contributed by atoms with Gasteiger partial charge in [-0.1, -0.05) is 170 Å². The largest absolute Gasteiger partial charge is 0.265 e. The molecule has 0 fully saturated rings. The van der Waals surface area contributed by atoms with E-state index in [0.717, 1.165) is 101 Å². The molecule has 0 aliphatic carbocycles. The van der Waals surface area contributed by atoms with Crippen molar-refractivity contribution in [2.24, 2.45) is 0 Å². The number of rotatable bonds is 10. The molecule has 7 aromatic carbocycles. The Kier molecular flexibility index (Phi) is 11.2. The maximum atomic E-state index is 5.18. The monoisotopic (exact) mass is 874 g/mol. The minimum Gasteiger partial charge on any atom is -0.265 e. The Morgan fingerprint density at radius 3 is 1.28 bits per heavy atom. The molecule has 0 aliphatic heterocycles. The van der Waals surface area contributed by atoms with Gasteiger partial charge in [0.15, 0.2) is 23.3 Å². The van der Waals surface area contributed by atoms with Crippen molar-refractivity contribution >= 4 is 0 Å². The van der Waals surface area contributed by atoms with E-state index in [1.54, 1.807) is 0 Å². The molecule has 0 amide bonds. The van der Waals surface area contributed by atoms with Gasteiger partial charge in [-0.05, 0) is 83.6 Å². The average molecular weight is 875 g/mol. The highest BCUT2D eigenvalue weighted by Gasteiger charge is 2.17. The first kappa shape index (κ1) is 41.6. The predicted octanol–water partition coefficient (Wildman–Crippen LogP) is 14.1. The van der Waals surface area contributed by atoms with Gasteiger partial charge in [-0.15, -0.1) is 0 Å². The van der Waals surface area contributed by atoms with Gasteiger partial charge in [0.25, 0.3) is 0 Å². The Bertz CT molecular complexity index is 3470. The molecular weight excluding hydrogens is 833 g/mol. The van der Waals surface area contributed by atoms with Gasteiger partial charge in [-0.2, -0.15) is 0 Å². The Morgan fingerprint density at radius 2 is 0.691 bits per heavy atom. The zero-order chi connectivity index (χ0) is 45.8. The van der Waals surface area contributed by atoms with Crippen LogP contribution in [0.5, 0.6) is 0 Å². The molecule has 0 aliphatic rings. The van der Waals surface area contributed by atoms with E-state index >= 15 is 0 Å². The quantitative estimate of drug-likeness (QED) is 0.134. The van der Waals surface area contributed by atoms with Crippen molar-refractivity contribution in [2.45, 2.75) is 13.8 Å². The summed E-state index contributed by atoms with van der Waals surface area (Å²) in [5.74, 6) is 3.23. The summed E-state index contributed by atoms with van der Waals surface area (Å²) in [6.45, 7) is 3.95. The number of hydrogen-bond acceptors (Lipinski definition) is 8. The summed E-state index contributed by atoms with van der Waals surface area (Å²) in [5, 5.41) is 0. The highest BCUT2D eigenvalue weighted by Crippen LogP contribution is 2.38. The van der Waals surface area contributed by atoms with Crippen LogP contribution < -0.4 is 0 Å². The Hall–Kier alpha value is -9.14. The third-order valence-corrected chi connectivity index (χ3v) is 11.9. The number of aryl methyl sites for hydroxylation is 2. The minimum absolute atomic E-state index is 0.610. The second-order valence-corrected chi connectivity index (χ2v) is 16.5. The molecule has 11 rings (SSSR count). The summed E-state index contributed by atoms with van der Waals surface area (Å²) >= 11 is 0. The van der Waals surface area contributed by atoms with Crippen LogP contribution in [0.1, 0.15) is 11.5 Å². The van der Waals surface area contributed by atoms with Crippen LogP contribution in [-0.2, 0) is 0 Å². The highest BCUT2D eigenvalue weighted by molar-refractivity contribution is 5.87. The molecule has 4 heterocycles. The van der Waals surface area contributed by atoms with E-state index in [1.165, 1.54) is 0 Å². The van der Waals surface area contributed by atoms with Gasteiger partial charge >= 0.3 is 0 Å². The number of aromatic nitrogens is 8. The maximum Gasteiger partial charge on any atom is 0.164 e. The minimum atomic E-state index is 0.610. The molecule has 4 aromatic heterocycles. The zero-order valence-electron chi connectivity index (χ0n) is 37.4. The molecule has 0 bridgehead atoms. The number of hydrogen-bond donors (Lipinski definition) is 0. The maximum absolute atomic E-state index is 5.18. The molecule has 8 heteroatoms. The molecular formula is C60H42N8. The number of benzene rings is 7. The predicted molar refractivity (Wildman–Crippen MR) is 273 cm³/mol. The first-order chi connectivity index (χ1) is 33.5. The van der Waals surface area contributed by atoms with Gasteiger partial charge in [0.1, 0.15) is 5.82 Å². The second kappa shape index (κ2) is 18.4. The average Bonchev–Trinajstić information content (AvgIpc) is 3.41. The van der Waals surface area contributed by atoms with Crippen molar-refractivity contribution in [1.29, 1.82) is 0 Å². The molecule has 0 unspecified atom stereocenters. The summed E-state index contributed by atoms with van der Waals surface area (Å²) in [4.78, 5) is 38.8. The van der Waals surface area contributed by atoms with E-state index in [2.05, 4.69) is 125 Å². The zero-order valence-corrected chi connectivity index (χ0v) is 37.4. The summed E-state index contributed by atoms with van der Waals surface area (Å²) in [6.07, 6.45) is 3.63. The van der Waals surface area contributed by atoms with Crippen molar-refractivity contribution in [3.63, 3.8) is 0 Å². The standard InChI is InChI=1S/C60H42N8/c1-39-35-56(63-40(2)62-39)53-37-50(41-21-25-48(26-22-41)60-67-58(45-15-8-4-9-16-45)66-59(68-60)46-17-10-5-11-18-46)29-30-52(53)43-23-27-47(28-24-43)57-64-54(44-13-6-3-7-14-44)38-55(65-57)51-20-12-19-49(36-51)42-31-33-61-34-32-42/h3-38H,1-2H3. The molecule has 0 spiro atoms. The molecule has 0 atom stereocenters. The van der Waals surface area contributed by atoms with Gasteiger partial charge in [0.05, 0.1) is 17.1 Å². The third kappa shape index (κ3) is 8.82. The molecule has 0 radical (unpaired) electrons. The molecule has 68 heavy (non-hydrogen) atoms. The molecule has 322 valence electrons. The fourth-order valence-electron chi connectivity index (χ4n) is 8.47. The second-order valence-electron chi connectivity index (χ2n) is 16.5. The van der Waals surface area contributed by atoms with Crippen molar-refractivity contribution in [2.75, 3.05) is 0 Å². The van der Waals surface area contributed by atoms with Crippen LogP contribution in [0, 0.1) is 13.8 Å². The topological polar surface area (TPSA) is 103 Å². The van der Waals surface area contributed by atoms with Crippen LogP contribution in [0.15, 0.2) is 219 Å². The van der Waals surface area contributed by atoms with E-state index in [1.807, 2.05) is 117 Å². The lowest BCUT2D eigenvalue weighted by Gasteiger charge is -2.15. The van der Waals surface area contributed by atoms with Crippen LogP contribution in [0.25, 0.3) is 113 Å². The van der Waals surface area contributed by atoms with E-state index in [0.29, 0.717) is 23.3 Å². The van der Waals surface area contributed by atoms with Gasteiger partial charge < -0.3 is 0 Å². The molecule has 11 aromatic rings. The van der Waals surface area contributed by atoms with Crippen LogP contribution >= 0.6 is 0 Å². The number of pyridine rings is 1. The van der Waals surface area contributed by atoms with E-state index < -0.39 is 0 Å². The smallest absolute Gasteiger partial charge is 0.164 e. The number of nitrogens with zero attached hydrogens (tertiary/aromatic N) is 8. The van der Waals surface area contributed by atoms with Crippen molar-refractivity contribution in [3.05, 3.63) is 230 Å². The van der Waals surface area contributed by atoms with Crippen LogP contribution in [0.2, 0.25) is 0 Å². The lowest BCUT2D eigenvalue weighted by Crippen LogP contribution is -2.00. The lowest BCUT2D eigenvalue weighted by atomic mass is 9.92. The fourth-order valence-corrected chi connectivity index (χ4v) is 8.47. The Balaban J connectivity index is 0.952. The van der Waals surface area contributed by atoms with Gasteiger partial charge in [0.2, 0.25) is 0 Å². The SMILES string of the molecule is Cc1cc(-c2cc(-c3ccc(-c4nc(-c5ccccc5)nc(-c5ccccc5)n4)cc3)ccc2-c2ccc(-c3nc(-c4ccccc4)cc(-c4cccc(-c5ccncc5)c4)n3)cc2)nc(C)n1. The first-order valence-corrected chi connectivity index (χ1v) is 22.5. The van der Waals surface area contributed by atoms with Crippen molar-refractivity contribution in [1.82, 2.24) is 39.9 Å². The summed E-state index contributed by atoms with van der Waals surface area (Å²) < 4.78 is 0. The van der Waals surface area contributed by atoms with Gasteiger partial charge in [0, 0.05) is 57.0 Å². The Morgan fingerprint density at radius 1 is 0.250 bits per heavy atom. The normalized spacial score (nSPS) is 11.1. The van der Waals surface area contributed by atoms with Gasteiger partial charge in [-0.25, -0.2) is 34.9 Å². The fraction of sp³-hybridized carbons (Fsp3) is 0.0333. The van der Waals surface area contributed by atoms with E-state index in [9.17, 15) is 0 Å². The van der Waals surface area contributed by atoms with Crippen LogP contribution in [0.3, 0.4) is 0 Å². The lowest BCUT2D eigenvalue weighted by molar-refractivity contribution is 1.02. The Labute approximate surface area is 394 Å². The summed E-state index contributed by atoms with van der Waals surface area (Å²) in [7, 11) is 0. The summed E-state index contributed by atoms with van der Waals surface area (Å²) in [6, 6.07) is 70.5. The summed E-state index contributed by atoms with van der Waals surface area (Å²) in [5.41, 5.74) is 16.6.